The number of rotatable bonds is 6. The number of alkyl halides is 3. The third-order valence-corrected chi connectivity index (χ3v) is 5.83. The van der Waals surface area contributed by atoms with Crippen molar-refractivity contribution >= 4 is 51.9 Å². The number of aromatic nitrogens is 2. The predicted octanol–water partition coefficient (Wildman–Crippen LogP) is 4.93. The van der Waals surface area contributed by atoms with Crippen LogP contribution in [0.15, 0.2) is 47.6 Å². The SMILES string of the molecule is O=C(CSc1cc(C(=O)NC2CC2)c2ccccc2n1)Nc1ncc(C(F)(F)F)cc1Cl. The van der Waals surface area contributed by atoms with Gasteiger partial charge in [0, 0.05) is 17.6 Å². The fourth-order valence-electron chi connectivity index (χ4n) is 2.90. The Morgan fingerprint density at radius 2 is 1.94 bits per heavy atom. The lowest BCUT2D eigenvalue weighted by molar-refractivity contribution is -0.137. The molecule has 2 N–H and O–H groups in total. The largest absolute Gasteiger partial charge is 0.417 e. The highest BCUT2D eigenvalue weighted by molar-refractivity contribution is 7.99. The van der Waals surface area contributed by atoms with Crippen molar-refractivity contribution < 1.29 is 22.8 Å². The van der Waals surface area contributed by atoms with Gasteiger partial charge in [-0.15, -0.1) is 0 Å². The van der Waals surface area contributed by atoms with Crippen LogP contribution in [0.5, 0.6) is 0 Å². The number of amides is 2. The van der Waals surface area contributed by atoms with Crippen molar-refractivity contribution in [1.82, 2.24) is 15.3 Å². The second-order valence-corrected chi connectivity index (χ2v) is 8.56. The number of benzene rings is 1. The summed E-state index contributed by atoms with van der Waals surface area (Å²) in [7, 11) is 0. The fourth-order valence-corrected chi connectivity index (χ4v) is 3.83. The summed E-state index contributed by atoms with van der Waals surface area (Å²) in [4.78, 5) is 33.0. The molecule has 0 bridgehead atoms. The van der Waals surface area contributed by atoms with Crippen LogP contribution in [0, 0.1) is 0 Å². The Morgan fingerprint density at radius 3 is 2.62 bits per heavy atom. The highest BCUT2D eigenvalue weighted by Crippen LogP contribution is 2.32. The van der Waals surface area contributed by atoms with E-state index in [1.54, 1.807) is 18.2 Å². The van der Waals surface area contributed by atoms with Gasteiger partial charge in [-0.3, -0.25) is 9.59 Å². The van der Waals surface area contributed by atoms with E-state index in [4.69, 9.17) is 11.6 Å². The van der Waals surface area contributed by atoms with Crippen molar-refractivity contribution in [3.05, 3.63) is 58.7 Å². The minimum absolute atomic E-state index is 0.103. The van der Waals surface area contributed by atoms with E-state index in [0.29, 0.717) is 33.8 Å². The second-order valence-electron chi connectivity index (χ2n) is 7.16. The van der Waals surface area contributed by atoms with E-state index in [1.165, 1.54) is 0 Å². The first kappa shape index (κ1) is 22.3. The number of carbonyl (C=O) groups excluding carboxylic acids is 2. The predicted molar refractivity (Wildman–Crippen MR) is 116 cm³/mol. The number of thioether (sulfide) groups is 1. The standard InChI is InChI=1S/C21H16ClF3N4O2S/c22-15-7-11(21(23,24)25)9-26-19(15)29-17(30)10-32-18-8-14(20(31)27-12-5-6-12)13-3-1-2-4-16(13)28-18/h1-4,7-9,12H,5-6,10H2,(H,27,31)(H,26,29,30). The molecule has 166 valence electrons. The van der Waals surface area contributed by atoms with E-state index in [1.807, 2.05) is 12.1 Å². The molecule has 4 rings (SSSR count). The Kier molecular flexibility index (Phi) is 6.25. The van der Waals surface area contributed by atoms with E-state index in [0.717, 1.165) is 24.6 Å². The number of fused-ring (bicyclic) bond motifs is 1. The lowest BCUT2D eigenvalue weighted by Crippen LogP contribution is -2.25. The van der Waals surface area contributed by atoms with Crippen LogP contribution in [0.3, 0.4) is 0 Å². The molecule has 1 fully saturated rings. The van der Waals surface area contributed by atoms with Gasteiger partial charge in [-0.2, -0.15) is 13.2 Å². The van der Waals surface area contributed by atoms with Gasteiger partial charge >= 0.3 is 6.18 Å². The molecule has 1 aliphatic carbocycles. The quantitative estimate of drug-likeness (QED) is 0.489. The average molecular weight is 481 g/mol. The summed E-state index contributed by atoms with van der Waals surface area (Å²) in [6.45, 7) is 0. The zero-order chi connectivity index (χ0) is 22.9. The molecule has 32 heavy (non-hydrogen) atoms. The fraction of sp³-hybridized carbons (Fsp3) is 0.238. The van der Waals surface area contributed by atoms with Crippen molar-refractivity contribution in [1.29, 1.82) is 0 Å². The molecule has 6 nitrogen and oxygen atoms in total. The summed E-state index contributed by atoms with van der Waals surface area (Å²) < 4.78 is 38.2. The number of hydrogen-bond donors (Lipinski definition) is 2. The van der Waals surface area contributed by atoms with Crippen LogP contribution in [0.1, 0.15) is 28.8 Å². The number of nitrogens with one attached hydrogen (secondary N) is 2. The van der Waals surface area contributed by atoms with Crippen molar-refractivity contribution in [2.24, 2.45) is 0 Å². The Hall–Kier alpha value is -2.85. The van der Waals surface area contributed by atoms with Gasteiger partial charge in [0.1, 0.15) is 0 Å². The molecule has 2 amide bonds. The third kappa shape index (κ3) is 5.31. The Morgan fingerprint density at radius 1 is 1.19 bits per heavy atom. The normalized spacial score (nSPS) is 13.8. The number of para-hydroxylation sites is 1. The molecule has 0 radical (unpaired) electrons. The highest BCUT2D eigenvalue weighted by atomic mass is 35.5. The third-order valence-electron chi connectivity index (χ3n) is 4.63. The summed E-state index contributed by atoms with van der Waals surface area (Å²) in [5, 5.41) is 6.20. The van der Waals surface area contributed by atoms with Crippen LogP contribution in [-0.4, -0.2) is 33.6 Å². The van der Waals surface area contributed by atoms with E-state index in [-0.39, 0.29) is 28.5 Å². The Labute approximate surface area is 190 Å². The van der Waals surface area contributed by atoms with Gasteiger partial charge in [0.2, 0.25) is 5.91 Å². The van der Waals surface area contributed by atoms with Crippen LogP contribution in [0.4, 0.5) is 19.0 Å². The van der Waals surface area contributed by atoms with E-state index in [9.17, 15) is 22.8 Å². The maximum absolute atomic E-state index is 12.7. The highest BCUT2D eigenvalue weighted by Gasteiger charge is 2.31. The lowest BCUT2D eigenvalue weighted by atomic mass is 10.1. The number of anilines is 1. The molecule has 2 aromatic heterocycles. The summed E-state index contributed by atoms with van der Waals surface area (Å²) in [6.07, 6.45) is -2.07. The zero-order valence-electron chi connectivity index (χ0n) is 16.4. The molecular formula is C21H16ClF3N4O2S. The summed E-state index contributed by atoms with van der Waals surface area (Å²) in [6, 6.07) is 9.73. The molecule has 0 spiro atoms. The average Bonchev–Trinajstić information content (AvgIpc) is 3.56. The number of carbonyl (C=O) groups is 2. The monoisotopic (exact) mass is 480 g/mol. The molecular weight excluding hydrogens is 465 g/mol. The second kappa shape index (κ2) is 8.95. The smallest absolute Gasteiger partial charge is 0.349 e. The zero-order valence-corrected chi connectivity index (χ0v) is 17.9. The minimum Gasteiger partial charge on any atom is -0.349 e. The summed E-state index contributed by atoms with van der Waals surface area (Å²) in [5.74, 6) is -0.990. The minimum atomic E-state index is -4.58. The van der Waals surface area contributed by atoms with Gasteiger partial charge in [0.25, 0.3) is 5.91 Å². The molecule has 2 heterocycles. The maximum atomic E-state index is 12.7. The van der Waals surface area contributed by atoms with Gasteiger partial charge < -0.3 is 10.6 Å². The molecule has 11 heteroatoms. The van der Waals surface area contributed by atoms with Gasteiger partial charge in [0.05, 0.1) is 32.4 Å². The van der Waals surface area contributed by atoms with Gasteiger partial charge in [-0.25, -0.2) is 9.97 Å². The maximum Gasteiger partial charge on any atom is 0.417 e. The van der Waals surface area contributed by atoms with Gasteiger partial charge in [0.15, 0.2) is 5.82 Å². The Balaban J connectivity index is 1.47. The lowest BCUT2D eigenvalue weighted by Gasteiger charge is -2.11. The van der Waals surface area contributed by atoms with Crippen LogP contribution >= 0.6 is 23.4 Å². The number of hydrogen-bond acceptors (Lipinski definition) is 5. The van der Waals surface area contributed by atoms with Gasteiger partial charge in [-0.05, 0) is 31.0 Å². The van der Waals surface area contributed by atoms with E-state index in [2.05, 4.69) is 20.6 Å². The first-order valence-electron chi connectivity index (χ1n) is 9.57. The summed E-state index contributed by atoms with van der Waals surface area (Å²) >= 11 is 6.91. The van der Waals surface area contributed by atoms with Crippen LogP contribution in [-0.2, 0) is 11.0 Å². The molecule has 0 atom stereocenters. The van der Waals surface area contributed by atoms with Gasteiger partial charge in [-0.1, -0.05) is 41.6 Å². The number of nitrogens with zero attached hydrogens (tertiary/aromatic N) is 2. The molecule has 0 saturated heterocycles. The van der Waals surface area contributed by atoms with Crippen molar-refractivity contribution in [3.8, 4) is 0 Å². The topological polar surface area (TPSA) is 84.0 Å². The van der Waals surface area contributed by atoms with Crippen molar-refractivity contribution in [2.75, 3.05) is 11.1 Å². The molecule has 0 unspecified atom stereocenters. The molecule has 3 aromatic rings. The molecule has 0 aliphatic heterocycles. The number of pyridine rings is 2. The Bertz CT molecular complexity index is 1200. The van der Waals surface area contributed by atoms with Crippen LogP contribution in [0.25, 0.3) is 10.9 Å². The van der Waals surface area contributed by atoms with Crippen LogP contribution < -0.4 is 10.6 Å². The van der Waals surface area contributed by atoms with E-state index >= 15 is 0 Å². The van der Waals surface area contributed by atoms with Crippen LogP contribution in [0.2, 0.25) is 5.02 Å². The van der Waals surface area contributed by atoms with Crippen molar-refractivity contribution in [2.45, 2.75) is 30.1 Å². The van der Waals surface area contributed by atoms with E-state index < -0.39 is 17.6 Å². The first-order valence-corrected chi connectivity index (χ1v) is 10.9. The number of halogens is 4. The van der Waals surface area contributed by atoms with Crippen molar-refractivity contribution in [3.63, 3.8) is 0 Å². The molecule has 1 aliphatic rings. The summed E-state index contributed by atoms with van der Waals surface area (Å²) in [5.41, 5.74) is 0.0800. The first-order chi connectivity index (χ1) is 15.2. The molecule has 1 aromatic carbocycles. The molecule has 1 saturated carbocycles.